The van der Waals surface area contributed by atoms with Gasteiger partial charge in [0, 0.05) is 5.41 Å². The van der Waals surface area contributed by atoms with Crippen LogP contribution in [0.2, 0.25) is 5.02 Å². The molecule has 0 radical (unpaired) electrons. The van der Waals surface area contributed by atoms with Gasteiger partial charge in [0.15, 0.2) is 9.84 Å². The van der Waals surface area contributed by atoms with Gasteiger partial charge in [0.25, 0.3) is 0 Å². The van der Waals surface area contributed by atoms with Crippen molar-refractivity contribution < 1.29 is 8.42 Å². The van der Waals surface area contributed by atoms with E-state index in [0.29, 0.717) is 16.3 Å². The molecule has 1 aliphatic heterocycles. The van der Waals surface area contributed by atoms with Crippen molar-refractivity contribution in [1.29, 1.82) is 5.26 Å². The molecule has 1 aliphatic rings. The molecular weight excluding hydrogens is 260 g/mol. The number of rotatable bonds is 2. The molecule has 0 spiro atoms. The smallest absolute Gasteiger partial charge is 0.173 e. The van der Waals surface area contributed by atoms with Gasteiger partial charge < -0.3 is 5.32 Å². The molecule has 0 bridgehead atoms. The Kier molecular flexibility index (Phi) is 3.09. The van der Waals surface area contributed by atoms with E-state index in [4.69, 9.17) is 16.9 Å². The SMILES string of the molecule is N#Cc1ccc(NC2C=CS(=O)(=O)C2)c(Cl)c1. The lowest BCUT2D eigenvalue weighted by molar-refractivity contribution is 0.605. The van der Waals surface area contributed by atoms with Gasteiger partial charge >= 0.3 is 0 Å². The molecule has 1 aromatic rings. The van der Waals surface area contributed by atoms with Crippen LogP contribution in [0.15, 0.2) is 29.7 Å². The van der Waals surface area contributed by atoms with E-state index in [2.05, 4.69) is 5.32 Å². The molecule has 1 heterocycles. The van der Waals surface area contributed by atoms with E-state index >= 15 is 0 Å². The first-order chi connectivity index (χ1) is 8.00. The second kappa shape index (κ2) is 4.40. The van der Waals surface area contributed by atoms with Gasteiger partial charge in [-0.15, -0.1) is 0 Å². The molecule has 17 heavy (non-hydrogen) atoms. The maximum Gasteiger partial charge on any atom is 0.173 e. The topological polar surface area (TPSA) is 70.0 Å². The van der Waals surface area contributed by atoms with Crippen LogP contribution in [0.3, 0.4) is 0 Å². The van der Waals surface area contributed by atoms with Gasteiger partial charge in [-0.05, 0) is 18.2 Å². The zero-order valence-electron chi connectivity index (χ0n) is 8.72. The Bertz CT molecular complexity index is 617. The van der Waals surface area contributed by atoms with Crippen molar-refractivity contribution >= 4 is 27.1 Å². The molecule has 0 amide bonds. The van der Waals surface area contributed by atoms with E-state index in [1.165, 1.54) is 11.5 Å². The van der Waals surface area contributed by atoms with Crippen molar-refractivity contribution in [3.8, 4) is 6.07 Å². The summed E-state index contributed by atoms with van der Waals surface area (Å²) < 4.78 is 22.4. The fraction of sp³-hybridized carbons (Fsp3) is 0.182. The summed E-state index contributed by atoms with van der Waals surface area (Å²) >= 11 is 5.97. The molecule has 1 N–H and O–H groups in total. The highest BCUT2D eigenvalue weighted by molar-refractivity contribution is 7.94. The van der Waals surface area contributed by atoms with Crippen LogP contribution < -0.4 is 5.32 Å². The van der Waals surface area contributed by atoms with E-state index in [1.807, 2.05) is 6.07 Å². The minimum absolute atomic E-state index is 0.0311. The Morgan fingerprint density at radius 1 is 1.47 bits per heavy atom. The third kappa shape index (κ3) is 2.78. The molecule has 1 aromatic carbocycles. The van der Waals surface area contributed by atoms with Gasteiger partial charge in [-0.3, -0.25) is 0 Å². The van der Waals surface area contributed by atoms with E-state index in [0.717, 1.165) is 0 Å². The molecule has 0 aliphatic carbocycles. The molecule has 4 nitrogen and oxygen atoms in total. The van der Waals surface area contributed by atoms with E-state index in [9.17, 15) is 8.42 Å². The summed E-state index contributed by atoms with van der Waals surface area (Å²) in [5.74, 6) is 0.0311. The standard InChI is InChI=1S/C11H9ClN2O2S/c12-10-5-8(6-13)1-2-11(10)14-9-3-4-17(15,16)7-9/h1-5,9,14H,7H2. The summed E-state index contributed by atoms with van der Waals surface area (Å²) in [7, 11) is -3.08. The third-order valence-corrected chi connectivity index (χ3v) is 4.08. The monoisotopic (exact) mass is 268 g/mol. The second-order valence-electron chi connectivity index (χ2n) is 3.72. The van der Waals surface area contributed by atoms with Crippen LogP contribution in [0.4, 0.5) is 5.69 Å². The van der Waals surface area contributed by atoms with E-state index in [-0.39, 0.29) is 11.8 Å². The first-order valence-electron chi connectivity index (χ1n) is 4.87. The van der Waals surface area contributed by atoms with Gasteiger partial charge in [0.1, 0.15) is 0 Å². The Hall–Kier alpha value is -1.51. The lowest BCUT2D eigenvalue weighted by Gasteiger charge is -2.12. The maximum absolute atomic E-state index is 11.2. The Morgan fingerprint density at radius 2 is 2.24 bits per heavy atom. The highest BCUT2D eigenvalue weighted by Gasteiger charge is 2.21. The highest BCUT2D eigenvalue weighted by Crippen LogP contribution is 2.25. The van der Waals surface area contributed by atoms with Crippen LogP contribution in [0, 0.1) is 11.3 Å². The summed E-state index contributed by atoms with van der Waals surface area (Å²) in [6.45, 7) is 0. The molecule has 2 rings (SSSR count). The first-order valence-corrected chi connectivity index (χ1v) is 6.97. The number of nitriles is 1. The van der Waals surface area contributed by atoms with Crippen LogP contribution in [0.1, 0.15) is 5.56 Å². The van der Waals surface area contributed by atoms with E-state index < -0.39 is 9.84 Å². The summed E-state index contributed by atoms with van der Waals surface area (Å²) in [6, 6.07) is 6.54. The zero-order valence-corrected chi connectivity index (χ0v) is 10.3. The molecule has 0 saturated carbocycles. The summed E-state index contributed by atoms with van der Waals surface area (Å²) in [4.78, 5) is 0. The van der Waals surface area contributed by atoms with Crippen LogP contribution in [0.5, 0.6) is 0 Å². The number of halogens is 1. The van der Waals surface area contributed by atoms with Crippen molar-refractivity contribution in [3.05, 3.63) is 40.3 Å². The maximum atomic E-state index is 11.2. The number of sulfone groups is 1. The van der Waals surface area contributed by atoms with Gasteiger partial charge in [-0.2, -0.15) is 5.26 Å². The Morgan fingerprint density at radius 3 is 2.76 bits per heavy atom. The number of anilines is 1. The van der Waals surface area contributed by atoms with Crippen LogP contribution in [0.25, 0.3) is 0 Å². The van der Waals surface area contributed by atoms with Gasteiger partial charge in [-0.25, -0.2) is 8.42 Å². The second-order valence-corrected chi connectivity index (χ2v) is 6.05. The molecule has 0 aromatic heterocycles. The minimum Gasteiger partial charge on any atom is -0.377 e. The predicted molar refractivity (Wildman–Crippen MR) is 66.5 cm³/mol. The number of nitrogens with zero attached hydrogens (tertiary/aromatic N) is 1. The molecular formula is C11H9ClN2O2S. The lowest BCUT2D eigenvalue weighted by Crippen LogP contribution is -2.21. The van der Waals surface area contributed by atoms with Gasteiger partial charge in [0.05, 0.1) is 34.1 Å². The Labute approximate surface area is 104 Å². The highest BCUT2D eigenvalue weighted by atomic mass is 35.5. The predicted octanol–water partition coefficient (Wildman–Crippen LogP) is 1.93. The normalized spacial score (nSPS) is 21.1. The minimum atomic E-state index is -3.08. The van der Waals surface area contributed by atoms with Gasteiger partial charge in [0.2, 0.25) is 0 Å². The number of hydrogen-bond donors (Lipinski definition) is 1. The van der Waals surface area contributed by atoms with Crippen LogP contribution in [-0.4, -0.2) is 20.2 Å². The zero-order chi connectivity index (χ0) is 12.5. The van der Waals surface area contributed by atoms with Gasteiger partial charge in [-0.1, -0.05) is 17.7 Å². The quantitative estimate of drug-likeness (QED) is 0.890. The van der Waals surface area contributed by atoms with Crippen molar-refractivity contribution in [2.45, 2.75) is 6.04 Å². The first kappa shape index (κ1) is 12.0. The lowest BCUT2D eigenvalue weighted by atomic mass is 10.2. The third-order valence-electron chi connectivity index (χ3n) is 2.37. The molecule has 1 atom stereocenters. The molecule has 88 valence electrons. The molecule has 6 heteroatoms. The average molecular weight is 269 g/mol. The molecule has 0 fully saturated rings. The number of nitrogens with one attached hydrogen (secondary N) is 1. The number of hydrogen-bond acceptors (Lipinski definition) is 4. The largest absolute Gasteiger partial charge is 0.377 e. The number of benzene rings is 1. The molecule has 0 saturated heterocycles. The van der Waals surface area contributed by atoms with Crippen LogP contribution in [-0.2, 0) is 9.84 Å². The van der Waals surface area contributed by atoms with Crippen LogP contribution >= 0.6 is 11.6 Å². The average Bonchev–Trinajstić information content (AvgIpc) is 2.61. The van der Waals surface area contributed by atoms with Crippen molar-refractivity contribution in [2.75, 3.05) is 11.1 Å². The fourth-order valence-corrected chi connectivity index (χ4v) is 3.04. The summed E-state index contributed by atoms with van der Waals surface area (Å²) in [5.41, 5.74) is 1.09. The summed E-state index contributed by atoms with van der Waals surface area (Å²) in [5, 5.41) is 13.3. The fourth-order valence-electron chi connectivity index (χ4n) is 1.57. The van der Waals surface area contributed by atoms with Crippen molar-refractivity contribution in [2.24, 2.45) is 0 Å². The van der Waals surface area contributed by atoms with E-state index in [1.54, 1.807) is 18.2 Å². The van der Waals surface area contributed by atoms with Crippen molar-refractivity contribution in [1.82, 2.24) is 0 Å². The molecule has 1 unspecified atom stereocenters. The van der Waals surface area contributed by atoms with Crippen molar-refractivity contribution in [3.63, 3.8) is 0 Å². The Balaban J connectivity index is 2.16. The summed E-state index contributed by atoms with van der Waals surface area (Å²) in [6.07, 6.45) is 1.59.